The second kappa shape index (κ2) is 6.91. The van der Waals surface area contributed by atoms with Crippen molar-refractivity contribution in [2.75, 3.05) is 25.0 Å². The number of carbonyl (C=O) groups is 1. The van der Waals surface area contributed by atoms with Crippen LogP contribution in [0.1, 0.15) is 31.2 Å². The number of anilines is 1. The Morgan fingerprint density at radius 3 is 2.37 bits per heavy atom. The number of nitrogens with one attached hydrogen (secondary N) is 1. The summed E-state index contributed by atoms with van der Waals surface area (Å²) in [5.41, 5.74) is 1.35. The number of benzene rings is 1. The highest BCUT2D eigenvalue weighted by atomic mass is 16.2. The minimum absolute atomic E-state index is 0.0200. The summed E-state index contributed by atoms with van der Waals surface area (Å²) in [5, 5.41) is 11.6. The predicted molar refractivity (Wildman–Crippen MR) is 74.7 cm³/mol. The summed E-state index contributed by atoms with van der Waals surface area (Å²) in [6.07, 6.45) is 4.91. The summed E-state index contributed by atoms with van der Waals surface area (Å²) in [6, 6.07) is 9.00. The summed E-state index contributed by atoms with van der Waals surface area (Å²) >= 11 is 0. The maximum absolute atomic E-state index is 11.9. The Bertz CT molecular complexity index is 453. The van der Waals surface area contributed by atoms with Crippen LogP contribution in [0.15, 0.2) is 24.3 Å². The number of likely N-dealkylation sites (tertiary alicyclic amines) is 1. The van der Waals surface area contributed by atoms with E-state index < -0.39 is 0 Å². The molecular weight excluding hydrogens is 238 g/mol. The Kier molecular flexibility index (Phi) is 4.93. The van der Waals surface area contributed by atoms with E-state index in [-0.39, 0.29) is 5.91 Å². The molecule has 1 fully saturated rings. The number of amides is 1. The molecule has 1 heterocycles. The third-order valence-corrected chi connectivity index (χ3v) is 3.36. The fraction of sp³-hybridized carbons (Fsp3) is 0.467. The molecule has 1 aliphatic heterocycles. The van der Waals surface area contributed by atoms with Crippen molar-refractivity contribution in [3.8, 4) is 6.07 Å². The smallest absolute Gasteiger partial charge is 0.238 e. The van der Waals surface area contributed by atoms with E-state index in [1.54, 1.807) is 24.3 Å². The molecule has 0 atom stereocenters. The first-order valence-electron chi connectivity index (χ1n) is 6.80. The third-order valence-electron chi connectivity index (χ3n) is 3.36. The van der Waals surface area contributed by atoms with E-state index >= 15 is 0 Å². The van der Waals surface area contributed by atoms with Crippen LogP contribution < -0.4 is 5.32 Å². The first-order chi connectivity index (χ1) is 9.28. The fourth-order valence-corrected chi connectivity index (χ4v) is 2.33. The lowest BCUT2D eigenvalue weighted by atomic mass is 10.2. The van der Waals surface area contributed by atoms with E-state index in [4.69, 9.17) is 5.26 Å². The quantitative estimate of drug-likeness (QED) is 0.904. The SMILES string of the molecule is N#Cc1ccc(NC(=O)CN2CCCCCC2)cc1. The monoisotopic (exact) mass is 257 g/mol. The first kappa shape index (κ1) is 13.6. The minimum Gasteiger partial charge on any atom is -0.325 e. The molecule has 0 bridgehead atoms. The Hall–Kier alpha value is -1.86. The molecular formula is C15H19N3O. The van der Waals surface area contributed by atoms with Crippen LogP contribution in [0.25, 0.3) is 0 Å². The van der Waals surface area contributed by atoms with Gasteiger partial charge < -0.3 is 5.32 Å². The summed E-state index contributed by atoms with van der Waals surface area (Å²) in [7, 11) is 0. The van der Waals surface area contributed by atoms with Gasteiger partial charge in [0.15, 0.2) is 0 Å². The Balaban J connectivity index is 1.84. The predicted octanol–water partition coefficient (Wildman–Crippen LogP) is 2.37. The van der Waals surface area contributed by atoms with Gasteiger partial charge >= 0.3 is 0 Å². The number of rotatable bonds is 3. The van der Waals surface area contributed by atoms with Crippen molar-refractivity contribution in [3.05, 3.63) is 29.8 Å². The second-order valence-corrected chi connectivity index (χ2v) is 4.93. The Labute approximate surface area is 114 Å². The van der Waals surface area contributed by atoms with Crippen LogP contribution in [-0.4, -0.2) is 30.4 Å². The summed E-state index contributed by atoms with van der Waals surface area (Å²) in [4.78, 5) is 14.1. The van der Waals surface area contributed by atoms with Crippen molar-refractivity contribution in [3.63, 3.8) is 0 Å². The van der Waals surface area contributed by atoms with Gasteiger partial charge in [-0.2, -0.15) is 5.26 Å². The Morgan fingerprint density at radius 2 is 1.79 bits per heavy atom. The van der Waals surface area contributed by atoms with E-state index in [2.05, 4.69) is 16.3 Å². The largest absolute Gasteiger partial charge is 0.325 e. The second-order valence-electron chi connectivity index (χ2n) is 4.93. The van der Waals surface area contributed by atoms with E-state index in [9.17, 15) is 4.79 Å². The van der Waals surface area contributed by atoms with Crippen LogP contribution in [-0.2, 0) is 4.79 Å². The summed E-state index contributed by atoms with van der Waals surface area (Å²) in [5.74, 6) is 0.0200. The molecule has 1 aromatic carbocycles. The molecule has 19 heavy (non-hydrogen) atoms. The molecule has 0 radical (unpaired) electrons. The molecule has 1 saturated heterocycles. The van der Waals surface area contributed by atoms with E-state index in [1.807, 2.05) is 0 Å². The van der Waals surface area contributed by atoms with Crippen LogP contribution in [0.2, 0.25) is 0 Å². The van der Waals surface area contributed by atoms with Crippen LogP contribution in [0, 0.1) is 11.3 Å². The lowest BCUT2D eigenvalue weighted by molar-refractivity contribution is -0.117. The van der Waals surface area contributed by atoms with Gasteiger partial charge in [0.2, 0.25) is 5.91 Å². The van der Waals surface area contributed by atoms with Crippen LogP contribution >= 0.6 is 0 Å². The number of carbonyl (C=O) groups excluding carboxylic acids is 1. The molecule has 100 valence electrons. The molecule has 0 aromatic heterocycles. The van der Waals surface area contributed by atoms with Crippen LogP contribution in [0.4, 0.5) is 5.69 Å². The molecule has 0 spiro atoms. The molecule has 1 aliphatic rings. The van der Waals surface area contributed by atoms with Gasteiger partial charge in [-0.15, -0.1) is 0 Å². The zero-order chi connectivity index (χ0) is 13.5. The highest BCUT2D eigenvalue weighted by Gasteiger charge is 2.12. The maximum Gasteiger partial charge on any atom is 0.238 e. The topological polar surface area (TPSA) is 56.1 Å². The van der Waals surface area contributed by atoms with Crippen LogP contribution in [0.3, 0.4) is 0 Å². The minimum atomic E-state index is 0.0200. The molecule has 2 rings (SSSR count). The highest BCUT2D eigenvalue weighted by molar-refractivity contribution is 5.92. The standard InChI is InChI=1S/C15H19N3O/c16-11-13-5-7-14(8-6-13)17-15(19)12-18-9-3-1-2-4-10-18/h5-8H,1-4,9-10,12H2,(H,17,19). The maximum atomic E-state index is 11.9. The lowest BCUT2D eigenvalue weighted by Crippen LogP contribution is -2.33. The van der Waals surface area contributed by atoms with Gasteiger partial charge in [-0.05, 0) is 50.2 Å². The van der Waals surface area contributed by atoms with Gasteiger partial charge in [-0.3, -0.25) is 9.69 Å². The molecule has 0 aliphatic carbocycles. The zero-order valence-corrected chi connectivity index (χ0v) is 11.1. The first-order valence-corrected chi connectivity index (χ1v) is 6.80. The summed E-state index contributed by atoms with van der Waals surface area (Å²) in [6.45, 7) is 2.49. The van der Waals surface area contributed by atoms with Crippen molar-refractivity contribution in [1.82, 2.24) is 4.90 Å². The van der Waals surface area contributed by atoms with Gasteiger partial charge in [-0.1, -0.05) is 12.8 Å². The zero-order valence-electron chi connectivity index (χ0n) is 11.1. The van der Waals surface area contributed by atoms with Crippen molar-refractivity contribution in [1.29, 1.82) is 5.26 Å². The lowest BCUT2D eigenvalue weighted by Gasteiger charge is -2.18. The van der Waals surface area contributed by atoms with Gasteiger partial charge in [0.1, 0.15) is 0 Å². The van der Waals surface area contributed by atoms with E-state index in [0.717, 1.165) is 18.8 Å². The average Bonchev–Trinajstić information content (AvgIpc) is 2.68. The van der Waals surface area contributed by atoms with Gasteiger partial charge in [-0.25, -0.2) is 0 Å². The van der Waals surface area contributed by atoms with E-state index in [1.165, 1.54) is 25.7 Å². The van der Waals surface area contributed by atoms with Gasteiger partial charge in [0.25, 0.3) is 0 Å². The normalized spacial score (nSPS) is 16.4. The van der Waals surface area contributed by atoms with Crippen molar-refractivity contribution < 1.29 is 4.79 Å². The summed E-state index contributed by atoms with van der Waals surface area (Å²) < 4.78 is 0. The van der Waals surface area contributed by atoms with E-state index in [0.29, 0.717) is 12.1 Å². The number of hydrogen-bond donors (Lipinski definition) is 1. The third kappa shape index (κ3) is 4.38. The van der Waals surface area contributed by atoms with Crippen molar-refractivity contribution in [2.45, 2.75) is 25.7 Å². The molecule has 1 aromatic rings. The molecule has 4 nitrogen and oxygen atoms in total. The number of nitriles is 1. The highest BCUT2D eigenvalue weighted by Crippen LogP contribution is 2.11. The average molecular weight is 257 g/mol. The molecule has 0 unspecified atom stereocenters. The Morgan fingerprint density at radius 1 is 1.16 bits per heavy atom. The number of hydrogen-bond acceptors (Lipinski definition) is 3. The van der Waals surface area contributed by atoms with Gasteiger partial charge in [0, 0.05) is 5.69 Å². The number of nitrogens with zero attached hydrogens (tertiary/aromatic N) is 2. The molecule has 0 saturated carbocycles. The van der Waals surface area contributed by atoms with Crippen molar-refractivity contribution >= 4 is 11.6 Å². The van der Waals surface area contributed by atoms with Crippen molar-refractivity contribution in [2.24, 2.45) is 0 Å². The fourth-order valence-electron chi connectivity index (χ4n) is 2.33. The molecule has 4 heteroatoms. The van der Waals surface area contributed by atoms with Gasteiger partial charge in [0.05, 0.1) is 18.2 Å². The molecule has 1 N–H and O–H groups in total. The van der Waals surface area contributed by atoms with Crippen LogP contribution in [0.5, 0.6) is 0 Å². The molecule has 1 amide bonds.